The SMILES string of the molecule is CC(C)CC(C(=O)Nc1ccccn1)N1C(=O)Cc2cc(Br)ccc21. The highest BCUT2D eigenvalue weighted by Crippen LogP contribution is 2.34. The maximum absolute atomic E-state index is 12.9. The highest BCUT2D eigenvalue weighted by atomic mass is 79.9. The fraction of sp³-hybridized carbons (Fsp3) is 0.316. The van der Waals surface area contributed by atoms with E-state index < -0.39 is 6.04 Å². The van der Waals surface area contributed by atoms with Crippen molar-refractivity contribution in [1.29, 1.82) is 0 Å². The molecule has 3 rings (SSSR count). The molecule has 1 atom stereocenters. The van der Waals surface area contributed by atoms with Gasteiger partial charge in [-0.3, -0.25) is 14.5 Å². The number of benzene rings is 1. The number of nitrogens with one attached hydrogen (secondary N) is 1. The minimum absolute atomic E-state index is 0.0464. The third-order valence-electron chi connectivity index (χ3n) is 4.14. The van der Waals surface area contributed by atoms with Crippen LogP contribution in [0.15, 0.2) is 47.1 Å². The minimum Gasteiger partial charge on any atom is -0.309 e. The van der Waals surface area contributed by atoms with Gasteiger partial charge in [0.25, 0.3) is 0 Å². The summed E-state index contributed by atoms with van der Waals surface area (Å²) < 4.78 is 0.930. The second kappa shape index (κ2) is 7.35. The Bertz CT molecular complexity index is 793. The van der Waals surface area contributed by atoms with Gasteiger partial charge in [-0.1, -0.05) is 35.8 Å². The molecule has 0 bridgehead atoms. The lowest BCUT2D eigenvalue weighted by molar-refractivity contribution is -0.123. The van der Waals surface area contributed by atoms with Crippen LogP contribution in [-0.4, -0.2) is 22.8 Å². The Balaban J connectivity index is 1.91. The average molecular weight is 402 g/mol. The standard InChI is InChI=1S/C19H20BrN3O2/c1-12(2)9-16(19(25)22-17-5-3-4-8-21-17)23-15-7-6-14(20)10-13(15)11-18(23)24/h3-8,10,12,16H,9,11H2,1-2H3,(H,21,22,25). The molecule has 1 unspecified atom stereocenters. The Kier molecular flexibility index (Phi) is 5.18. The van der Waals surface area contributed by atoms with Crippen molar-refractivity contribution >= 4 is 39.2 Å². The van der Waals surface area contributed by atoms with E-state index in [4.69, 9.17) is 0 Å². The minimum atomic E-state index is -0.558. The smallest absolute Gasteiger partial charge is 0.248 e. The third-order valence-corrected chi connectivity index (χ3v) is 4.63. The average Bonchev–Trinajstić information content (AvgIpc) is 2.88. The van der Waals surface area contributed by atoms with Gasteiger partial charge in [-0.05, 0) is 48.2 Å². The summed E-state index contributed by atoms with van der Waals surface area (Å²) in [6, 6.07) is 10.5. The predicted molar refractivity (Wildman–Crippen MR) is 101 cm³/mol. The van der Waals surface area contributed by atoms with Crippen molar-refractivity contribution in [2.75, 3.05) is 10.2 Å². The molecule has 1 N–H and O–H groups in total. The molecule has 2 aromatic rings. The van der Waals surface area contributed by atoms with Gasteiger partial charge in [0, 0.05) is 16.4 Å². The lowest BCUT2D eigenvalue weighted by atomic mass is 10.0. The number of hydrogen-bond acceptors (Lipinski definition) is 3. The van der Waals surface area contributed by atoms with Gasteiger partial charge in [0.2, 0.25) is 11.8 Å². The van der Waals surface area contributed by atoms with E-state index in [-0.39, 0.29) is 17.7 Å². The van der Waals surface area contributed by atoms with E-state index in [1.165, 1.54) is 0 Å². The van der Waals surface area contributed by atoms with Crippen LogP contribution in [0, 0.1) is 5.92 Å². The van der Waals surface area contributed by atoms with Gasteiger partial charge in [0.15, 0.2) is 0 Å². The topological polar surface area (TPSA) is 62.3 Å². The molecule has 0 fully saturated rings. The molecule has 0 radical (unpaired) electrons. The zero-order valence-corrected chi connectivity index (χ0v) is 15.8. The molecule has 5 nitrogen and oxygen atoms in total. The van der Waals surface area contributed by atoms with Gasteiger partial charge in [-0.25, -0.2) is 4.98 Å². The first-order chi connectivity index (χ1) is 12.0. The first-order valence-corrected chi connectivity index (χ1v) is 9.07. The molecule has 2 amide bonds. The lowest BCUT2D eigenvalue weighted by Gasteiger charge is -2.29. The van der Waals surface area contributed by atoms with E-state index >= 15 is 0 Å². The van der Waals surface area contributed by atoms with Gasteiger partial charge in [0.05, 0.1) is 6.42 Å². The van der Waals surface area contributed by atoms with Crippen molar-refractivity contribution in [3.8, 4) is 0 Å². The molecule has 6 heteroatoms. The summed E-state index contributed by atoms with van der Waals surface area (Å²) >= 11 is 3.44. The number of hydrogen-bond donors (Lipinski definition) is 1. The number of amides is 2. The number of fused-ring (bicyclic) bond motifs is 1. The highest BCUT2D eigenvalue weighted by molar-refractivity contribution is 9.10. The summed E-state index contributed by atoms with van der Waals surface area (Å²) in [5.41, 5.74) is 1.76. The quantitative estimate of drug-likeness (QED) is 0.828. The van der Waals surface area contributed by atoms with Crippen LogP contribution in [0.4, 0.5) is 11.5 Å². The zero-order valence-electron chi connectivity index (χ0n) is 14.2. The predicted octanol–water partition coefficient (Wildman–Crippen LogP) is 3.79. The molecule has 0 saturated carbocycles. The largest absolute Gasteiger partial charge is 0.309 e. The number of aromatic nitrogens is 1. The van der Waals surface area contributed by atoms with E-state index in [1.54, 1.807) is 23.2 Å². The number of carbonyl (C=O) groups excluding carboxylic acids is 2. The summed E-state index contributed by atoms with van der Waals surface area (Å²) in [6.45, 7) is 4.09. The van der Waals surface area contributed by atoms with E-state index in [0.29, 0.717) is 18.7 Å². The number of rotatable bonds is 5. The number of pyridine rings is 1. The fourth-order valence-electron chi connectivity index (χ4n) is 3.08. The van der Waals surface area contributed by atoms with Crippen LogP contribution in [-0.2, 0) is 16.0 Å². The van der Waals surface area contributed by atoms with Gasteiger partial charge in [-0.15, -0.1) is 0 Å². The van der Waals surface area contributed by atoms with Gasteiger partial charge < -0.3 is 5.32 Å². The summed E-state index contributed by atoms with van der Waals surface area (Å²) in [7, 11) is 0. The number of nitrogens with zero attached hydrogens (tertiary/aromatic N) is 2. The van der Waals surface area contributed by atoms with Crippen LogP contribution < -0.4 is 10.2 Å². The Hall–Kier alpha value is -2.21. The molecular weight excluding hydrogens is 382 g/mol. The molecule has 25 heavy (non-hydrogen) atoms. The van der Waals surface area contributed by atoms with Crippen molar-refractivity contribution in [2.45, 2.75) is 32.7 Å². The van der Waals surface area contributed by atoms with E-state index in [9.17, 15) is 9.59 Å². The number of halogens is 1. The first-order valence-electron chi connectivity index (χ1n) is 8.28. The highest BCUT2D eigenvalue weighted by Gasteiger charge is 2.37. The molecular formula is C19H20BrN3O2. The molecule has 0 aliphatic carbocycles. The second-order valence-corrected chi connectivity index (χ2v) is 7.48. The van der Waals surface area contributed by atoms with Crippen molar-refractivity contribution in [3.63, 3.8) is 0 Å². The van der Waals surface area contributed by atoms with Gasteiger partial charge >= 0.3 is 0 Å². The second-order valence-electron chi connectivity index (χ2n) is 6.56. The van der Waals surface area contributed by atoms with Crippen molar-refractivity contribution in [3.05, 3.63) is 52.6 Å². The van der Waals surface area contributed by atoms with Crippen molar-refractivity contribution in [2.24, 2.45) is 5.92 Å². The molecule has 1 aliphatic rings. The Morgan fingerprint density at radius 3 is 2.80 bits per heavy atom. The number of carbonyl (C=O) groups is 2. The Morgan fingerprint density at radius 2 is 2.12 bits per heavy atom. The maximum Gasteiger partial charge on any atom is 0.248 e. The first kappa shape index (κ1) is 17.6. The van der Waals surface area contributed by atoms with Crippen LogP contribution in [0.1, 0.15) is 25.8 Å². The summed E-state index contributed by atoms with van der Waals surface area (Å²) in [5, 5.41) is 2.83. The maximum atomic E-state index is 12.9. The molecule has 0 saturated heterocycles. The van der Waals surface area contributed by atoms with Gasteiger partial charge in [-0.2, -0.15) is 0 Å². The van der Waals surface area contributed by atoms with Crippen molar-refractivity contribution in [1.82, 2.24) is 4.98 Å². The van der Waals surface area contributed by atoms with Crippen LogP contribution in [0.2, 0.25) is 0 Å². The monoisotopic (exact) mass is 401 g/mol. The molecule has 1 aromatic carbocycles. The summed E-state index contributed by atoms with van der Waals surface area (Å²) in [5.74, 6) is 0.502. The molecule has 130 valence electrons. The fourth-order valence-corrected chi connectivity index (χ4v) is 3.49. The van der Waals surface area contributed by atoms with E-state index in [1.807, 2.05) is 38.1 Å². The van der Waals surface area contributed by atoms with Crippen LogP contribution in [0.3, 0.4) is 0 Å². The Morgan fingerprint density at radius 1 is 1.32 bits per heavy atom. The molecule has 0 spiro atoms. The van der Waals surface area contributed by atoms with Crippen molar-refractivity contribution < 1.29 is 9.59 Å². The number of anilines is 2. The lowest BCUT2D eigenvalue weighted by Crippen LogP contribution is -2.46. The summed E-state index contributed by atoms with van der Waals surface area (Å²) in [6.07, 6.45) is 2.53. The zero-order chi connectivity index (χ0) is 18.0. The Labute approximate surface area is 155 Å². The van der Waals surface area contributed by atoms with E-state index in [0.717, 1.165) is 15.7 Å². The summed E-state index contributed by atoms with van der Waals surface area (Å²) in [4.78, 5) is 31.3. The third kappa shape index (κ3) is 3.90. The normalized spacial score (nSPS) is 14.6. The van der Waals surface area contributed by atoms with Gasteiger partial charge in [0.1, 0.15) is 11.9 Å². The van der Waals surface area contributed by atoms with Crippen LogP contribution in [0.25, 0.3) is 0 Å². The van der Waals surface area contributed by atoms with Crippen LogP contribution in [0.5, 0.6) is 0 Å². The van der Waals surface area contributed by atoms with Crippen LogP contribution >= 0.6 is 15.9 Å². The molecule has 1 aliphatic heterocycles. The molecule has 2 heterocycles. The molecule has 1 aromatic heterocycles. The van der Waals surface area contributed by atoms with E-state index in [2.05, 4.69) is 26.2 Å².